The van der Waals surface area contributed by atoms with Gasteiger partial charge in [0.25, 0.3) is 0 Å². The first-order valence-corrected chi connectivity index (χ1v) is 7.50. The number of nitrogens with zero attached hydrogens (tertiary/aromatic N) is 2. The maximum atomic E-state index is 12.1. The van der Waals surface area contributed by atoms with Gasteiger partial charge in [-0.15, -0.1) is 0 Å². The molecule has 1 aromatic rings. The van der Waals surface area contributed by atoms with E-state index in [1.807, 2.05) is 39.0 Å². The van der Waals surface area contributed by atoms with Gasteiger partial charge in [0.15, 0.2) is 0 Å². The highest BCUT2D eigenvalue weighted by atomic mass is 16.6. The van der Waals surface area contributed by atoms with Gasteiger partial charge in [-0.3, -0.25) is 4.98 Å². The van der Waals surface area contributed by atoms with Crippen LogP contribution in [-0.2, 0) is 15.0 Å². The molecule has 0 bridgehead atoms. The van der Waals surface area contributed by atoms with E-state index in [2.05, 4.69) is 10.3 Å². The predicted octanol–water partition coefficient (Wildman–Crippen LogP) is 1.76. The Balaban J connectivity index is 2.03. The second kappa shape index (κ2) is 6.62. The molecule has 0 saturated carbocycles. The maximum absolute atomic E-state index is 12.1. The summed E-state index contributed by atoms with van der Waals surface area (Å²) in [6, 6.07) is 5.82. The van der Waals surface area contributed by atoms with Gasteiger partial charge < -0.3 is 19.7 Å². The summed E-state index contributed by atoms with van der Waals surface area (Å²) in [5.41, 5.74) is 0.131. The molecule has 6 heteroatoms. The molecule has 0 aliphatic carbocycles. The number of amides is 1. The first-order valence-electron chi connectivity index (χ1n) is 7.50. The summed E-state index contributed by atoms with van der Waals surface area (Å²) in [4.78, 5) is 18.3. The maximum Gasteiger partial charge on any atom is 0.410 e. The minimum absolute atomic E-state index is 0.285. The predicted molar refractivity (Wildman–Crippen MR) is 83.6 cm³/mol. The van der Waals surface area contributed by atoms with Crippen LogP contribution in [0.15, 0.2) is 24.4 Å². The normalized spacial score (nSPS) is 17.0. The Hall–Kier alpha value is -1.66. The summed E-state index contributed by atoms with van der Waals surface area (Å²) < 4.78 is 10.5. The number of pyridine rings is 1. The number of methoxy groups -OCH3 is 1. The molecule has 1 fully saturated rings. The van der Waals surface area contributed by atoms with Crippen molar-refractivity contribution in [3.8, 4) is 0 Å². The Bertz CT molecular complexity index is 493. The van der Waals surface area contributed by atoms with Crippen molar-refractivity contribution in [1.29, 1.82) is 0 Å². The van der Waals surface area contributed by atoms with Crippen LogP contribution in [0.2, 0.25) is 0 Å². The van der Waals surface area contributed by atoms with Crippen molar-refractivity contribution >= 4 is 6.09 Å². The Labute approximate surface area is 131 Å². The molecule has 0 atom stereocenters. The van der Waals surface area contributed by atoms with Crippen LogP contribution in [0.5, 0.6) is 0 Å². The zero-order chi connectivity index (χ0) is 16.2. The molecule has 2 rings (SSSR count). The minimum atomic E-state index is -0.482. The summed E-state index contributed by atoms with van der Waals surface area (Å²) in [5.74, 6) is 0. The molecule has 1 aliphatic rings. The number of hydrogen-bond acceptors (Lipinski definition) is 5. The highest BCUT2D eigenvalue weighted by Gasteiger charge is 2.48. The molecule has 22 heavy (non-hydrogen) atoms. The molecule has 1 aromatic heterocycles. The van der Waals surface area contributed by atoms with Gasteiger partial charge in [0.1, 0.15) is 5.60 Å². The van der Waals surface area contributed by atoms with E-state index in [9.17, 15) is 4.79 Å². The van der Waals surface area contributed by atoms with Gasteiger partial charge >= 0.3 is 6.09 Å². The molecular weight excluding hydrogens is 282 g/mol. The van der Waals surface area contributed by atoms with Crippen molar-refractivity contribution in [3.63, 3.8) is 0 Å². The number of carbonyl (C=O) groups is 1. The second-order valence-electron chi connectivity index (χ2n) is 6.55. The van der Waals surface area contributed by atoms with Gasteiger partial charge in [-0.25, -0.2) is 4.79 Å². The third-order valence-corrected chi connectivity index (χ3v) is 3.50. The van der Waals surface area contributed by atoms with E-state index in [-0.39, 0.29) is 11.6 Å². The van der Waals surface area contributed by atoms with Crippen LogP contribution >= 0.6 is 0 Å². The van der Waals surface area contributed by atoms with Crippen LogP contribution in [0.3, 0.4) is 0 Å². The van der Waals surface area contributed by atoms with Gasteiger partial charge in [0, 0.05) is 32.9 Å². The van der Waals surface area contributed by atoms with Gasteiger partial charge in [0.05, 0.1) is 17.8 Å². The first-order chi connectivity index (χ1) is 10.4. The van der Waals surface area contributed by atoms with Gasteiger partial charge in [0.2, 0.25) is 0 Å². The first kappa shape index (κ1) is 16.7. The summed E-state index contributed by atoms with van der Waals surface area (Å²) in [6.45, 7) is 8.01. The smallest absolute Gasteiger partial charge is 0.410 e. The molecule has 0 spiro atoms. The summed E-state index contributed by atoms with van der Waals surface area (Å²) in [6.07, 6.45) is 1.48. The Morgan fingerprint density at radius 3 is 2.68 bits per heavy atom. The van der Waals surface area contributed by atoms with Crippen LogP contribution in [-0.4, -0.2) is 54.9 Å². The van der Waals surface area contributed by atoms with Crippen molar-refractivity contribution in [2.75, 3.05) is 33.4 Å². The number of nitrogens with one attached hydrogen (secondary N) is 1. The van der Waals surface area contributed by atoms with E-state index in [1.165, 1.54) is 0 Å². The number of carbonyl (C=O) groups excluding carboxylic acids is 1. The monoisotopic (exact) mass is 307 g/mol. The fourth-order valence-electron chi connectivity index (χ4n) is 2.46. The lowest BCUT2D eigenvalue weighted by Crippen LogP contribution is -2.68. The van der Waals surface area contributed by atoms with E-state index >= 15 is 0 Å². The SMILES string of the molecule is COCCNC1(c2ccccn2)CN(C(=O)OC(C)(C)C)C1. The van der Waals surface area contributed by atoms with Crippen molar-refractivity contribution < 1.29 is 14.3 Å². The van der Waals surface area contributed by atoms with Crippen molar-refractivity contribution in [3.05, 3.63) is 30.1 Å². The van der Waals surface area contributed by atoms with E-state index in [0.717, 1.165) is 5.69 Å². The molecule has 0 unspecified atom stereocenters. The average molecular weight is 307 g/mol. The van der Waals surface area contributed by atoms with Crippen LogP contribution in [0.1, 0.15) is 26.5 Å². The average Bonchev–Trinajstić information content (AvgIpc) is 2.40. The summed E-state index contributed by atoms with van der Waals surface area (Å²) in [5, 5.41) is 3.46. The van der Waals surface area contributed by atoms with Gasteiger partial charge in [-0.1, -0.05) is 6.07 Å². The third-order valence-electron chi connectivity index (χ3n) is 3.50. The zero-order valence-electron chi connectivity index (χ0n) is 13.8. The van der Waals surface area contributed by atoms with Crippen LogP contribution < -0.4 is 5.32 Å². The summed E-state index contributed by atoms with van der Waals surface area (Å²) in [7, 11) is 1.67. The van der Waals surface area contributed by atoms with Gasteiger partial charge in [-0.2, -0.15) is 0 Å². The van der Waals surface area contributed by atoms with Crippen LogP contribution in [0.25, 0.3) is 0 Å². The van der Waals surface area contributed by atoms with Gasteiger partial charge in [-0.05, 0) is 32.9 Å². The fraction of sp³-hybridized carbons (Fsp3) is 0.625. The lowest BCUT2D eigenvalue weighted by Gasteiger charge is -2.50. The van der Waals surface area contributed by atoms with E-state index < -0.39 is 5.60 Å². The van der Waals surface area contributed by atoms with Crippen molar-refractivity contribution in [2.24, 2.45) is 0 Å². The van der Waals surface area contributed by atoms with Crippen LogP contribution in [0, 0.1) is 0 Å². The zero-order valence-corrected chi connectivity index (χ0v) is 13.8. The number of likely N-dealkylation sites (tertiary alicyclic amines) is 1. The molecule has 1 aliphatic heterocycles. The second-order valence-corrected chi connectivity index (χ2v) is 6.55. The largest absolute Gasteiger partial charge is 0.444 e. The van der Waals surface area contributed by atoms with E-state index in [1.54, 1.807) is 18.2 Å². The standard InChI is InChI=1S/C16H25N3O3/c1-15(2,3)22-14(20)19-11-16(12-19,18-9-10-21-4)13-7-5-6-8-17-13/h5-8,18H,9-12H2,1-4H3. The van der Waals surface area contributed by atoms with E-state index in [4.69, 9.17) is 9.47 Å². The highest BCUT2D eigenvalue weighted by molar-refractivity contribution is 5.70. The summed E-state index contributed by atoms with van der Waals surface area (Å²) >= 11 is 0. The molecule has 0 aromatic carbocycles. The molecule has 2 heterocycles. The minimum Gasteiger partial charge on any atom is -0.444 e. The Kier molecular flexibility index (Phi) is 5.03. The molecule has 1 saturated heterocycles. The molecule has 1 N–H and O–H groups in total. The number of rotatable bonds is 5. The van der Waals surface area contributed by atoms with Crippen molar-refractivity contribution in [1.82, 2.24) is 15.2 Å². The molecule has 0 radical (unpaired) electrons. The quantitative estimate of drug-likeness (QED) is 0.840. The number of hydrogen-bond donors (Lipinski definition) is 1. The molecule has 6 nitrogen and oxygen atoms in total. The van der Waals surface area contributed by atoms with E-state index in [0.29, 0.717) is 26.2 Å². The highest BCUT2D eigenvalue weighted by Crippen LogP contribution is 2.31. The molecular formula is C16H25N3O3. The number of ether oxygens (including phenoxy) is 2. The topological polar surface area (TPSA) is 63.7 Å². The fourth-order valence-corrected chi connectivity index (χ4v) is 2.46. The number of aromatic nitrogens is 1. The Morgan fingerprint density at radius 1 is 1.41 bits per heavy atom. The van der Waals surface area contributed by atoms with Crippen LogP contribution in [0.4, 0.5) is 4.79 Å². The lowest BCUT2D eigenvalue weighted by atomic mass is 9.86. The molecule has 122 valence electrons. The lowest BCUT2D eigenvalue weighted by molar-refractivity contribution is -0.0202. The molecule has 1 amide bonds. The Morgan fingerprint density at radius 2 is 2.14 bits per heavy atom. The van der Waals surface area contributed by atoms with Crippen molar-refractivity contribution in [2.45, 2.75) is 31.9 Å². The third kappa shape index (κ3) is 3.96.